The molecule has 0 fully saturated rings. The normalized spacial score (nSPS) is 18.3. The van der Waals surface area contributed by atoms with E-state index >= 15 is 0 Å². The fourth-order valence-corrected chi connectivity index (χ4v) is 2.32. The van der Waals surface area contributed by atoms with Gasteiger partial charge in [0.1, 0.15) is 0 Å². The minimum Gasteiger partial charge on any atom is -0.399 e. The van der Waals surface area contributed by atoms with Gasteiger partial charge < -0.3 is 16.4 Å². The molecule has 1 aromatic rings. The van der Waals surface area contributed by atoms with Gasteiger partial charge in [-0.3, -0.25) is 0 Å². The van der Waals surface area contributed by atoms with E-state index in [4.69, 9.17) is 5.73 Å². The van der Waals surface area contributed by atoms with E-state index in [1.807, 2.05) is 39.0 Å². The highest BCUT2D eigenvalue weighted by atomic mass is 16.2. The SMILES string of the molecule is CC(C)(C)NC(=O)NC1CCc2cc(N)ccc21. The van der Waals surface area contributed by atoms with Crippen LogP contribution < -0.4 is 16.4 Å². The van der Waals surface area contributed by atoms with Crippen molar-refractivity contribution in [1.82, 2.24) is 10.6 Å². The Hall–Kier alpha value is -1.71. The van der Waals surface area contributed by atoms with Gasteiger partial charge >= 0.3 is 6.03 Å². The van der Waals surface area contributed by atoms with Crippen LogP contribution in [0.5, 0.6) is 0 Å². The maximum absolute atomic E-state index is 11.8. The van der Waals surface area contributed by atoms with E-state index in [9.17, 15) is 4.79 Å². The van der Waals surface area contributed by atoms with Crippen molar-refractivity contribution in [3.63, 3.8) is 0 Å². The zero-order chi connectivity index (χ0) is 13.3. The Morgan fingerprint density at radius 3 is 2.78 bits per heavy atom. The molecule has 1 aliphatic rings. The summed E-state index contributed by atoms with van der Waals surface area (Å²) in [7, 11) is 0. The zero-order valence-electron chi connectivity index (χ0n) is 11.2. The van der Waals surface area contributed by atoms with Crippen LogP contribution in [0.4, 0.5) is 10.5 Å². The van der Waals surface area contributed by atoms with Crippen molar-refractivity contribution >= 4 is 11.7 Å². The van der Waals surface area contributed by atoms with Gasteiger partial charge in [-0.05, 0) is 56.9 Å². The van der Waals surface area contributed by atoms with Crippen LogP contribution in [-0.4, -0.2) is 11.6 Å². The van der Waals surface area contributed by atoms with Crippen molar-refractivity contribution in [2.24, 2.45) is 0 Å². The van der Waals surface area contributed by atoms with Crippen molar-refractivity contribution in [1.29, 1.82) is 0 Å². The monoisotopic (exact) mass is 247 g/mol. The predicted molar refractivity (Wildman–Crippen MR) is 73.3 cm³/mol. The second-order valence-electron chi connectivity index (χ2n) is 5.90. The number of nitrogen functional groups attached to an aromatic ring is 1. The van der Waals surface area contributed by atoms with Gasteiger partial charge in [0.15, 0.2) is 0 Å². The summed E-state index contributed by atoms with van der Waals surface area (Å²) in [6, 6.07) is 5.89. The third-order valence-electron chi connectivity index (χ3n) is 3.04. The largest absolute Gasteiger partial charge is 0.399 e. The molecular weight excluding hydrogens is 226 g/mol. The Bertz CT molecular complexity index is 463. The molecule has 98 valence electrons. The molecular formula is C14H21N3O. The summed E-state index contributed by atoms with van der Waals surface area (Å²) in [6.45, 7) is 5.90. The average Bonchev–Trinajstić information content (AvgIpc) is 2.57. The van der Waals surface area contributed by atoms with Crippen LogP contribution in [0, 0.1) is 0 Å². The van der Waals surface area contributed by atoms with Gasteiger partial charge in [-0.2, -0.15) is 0 Å². The summed E-state index contributed by atoms with van der Waals surface area (Å²) in [5.41, 5.74) is 8.77. The highest BCUT2D eigenvalue weighted by Gasteiger charge is 2.25. The van der Waals surface area contributed by atoms with Crippen LogP contribution >= 0.6 is 0 Å². The van der Waals surface area contributed by atoms with Crippen molar-refractivity contribution in [2.75, 3.05) is 5.73 Å². The molecule has 18 heavy (non-hydrogen) atoms. The van der Waals surface area contributed by atoms with E-state index < -0.39 is 0 Å². The average molecular weight is 247 g/mol. The van der Waals surface area contributed by atoms with Crippen LogP contribution in [0.2, 0.25) is 0 Å². The smallest absolute Gasteiger partial charge is 0.315 e. The molecule has 0 aliphatic heterocycles. The van der Waals surface area contributed by atoms with Gasteiger partial charge in [-0.15, -0.1) is 0 Å². The second kappa shape index (κ2) is 4.52. The van der Waals surface area contributed by atoms with Crippen LogP contribution in [0.15, 0.2) is 18.2 Å². The first-order valence-corrected chi connectivity index (χ1v) is 6.32. The Morgan fingerprint density at radius 2 is 2.11 bits per heavy atom. The van der Waals surface area contributed by atoms with Gasteiger partial charge in [0, 0.05) is 11.2 Å². The number of fused-ring (bicyclic) bond motifs is 1. The maximum Gasteiger partial charge on any atom is 0.315 e. The summed E-state index contributed by atoms with van der Waals surface area (Å²) >= 11 is 0. The number of benzene rings is 1. The maximum atomic E-state index is 11.8. The lowest BCUT2D eigenvalue weighted by atomic mass is 10.1. The Morgan fingerprint density at radius 1 is 1.39 bits per heavy atom. The van der Waals surface area contributed by atoms with Gasteiger partial charge in [0.25, 0.3) is 0 Å². The van der Waals surface area contributed by atoms with Gasteiger partial charge in [0.2, 0.25) is 0 Å². The van der Waals surface area contributed by atoms with Crippen molar-refractivity contribution in [3.8, 4) is 0 Å². The molecule has 1 unspecified atom stereocenters. The zero-order valence-corrected chi connectivity index (χ0v) is 11.2. The number of hydrogen-bond acceptors (Lipinski definition) is 2. The third-order valence-corrected chi connectivity index (χ3v) is 3.04. The van der Waals surface area contributed by atoms with E-state index in [2.05, 4.69) is 10.6 Å². The number of nitrogens with two attached hydrogens (primary N) is 1. The fraction of sp³-hybridized carbons (Fsp3) is 0.500. The molecule has 1 aromatic carbocycles. The highest BCUT2D eigenvalue weighted by molar-refractivity contribution is 5.75. The van der Waals surface area contributed by atoms with E-state index in [0.717, 1.165) is 18.5 Å². The number of aryl methyl sites for hydroxylation is 1. The molecule has 0 saturated heterocycles. The molecule has 4 nitrogen and oxygen atoms in total. The van der Waals surface area contributed by atoms with Crippen LogP contribution in [-0.2, 0) is 6.42 Å². The first kappa shape index (κ1) is 12.7. The first-order chi connectivity index (χ1) is 8.35. The third kappa shape index (κ3) is 2.94. The van der Waals surface area contributed by atoms with Crippen LogP contribution in [0.1, 0.15) is 44.4 Å². The molecule has 4 heteroatoms. The molecule has 0 spiro atoms. The van der Waals surface area contributed by atoms with E-state index in [1.165, 1.54) is 11.1 Å². The summed E-state index contributed by atoms with van der Waals surface area (Å²) < 4.78 is 0. The Balaban J connectivity index is 2.04. The van der Waals surface area contributed by atoms with E-state index in [0.29, 0.717) is 0 Å². The molecule has 1 atom stereocenters. The Labute approximate surface area is 108 Å². The Kier molecular flexibility index (Phi) is 3.20. The van der Waals surface area contributed by atoms with Crippen LogP contribution in [0.25, 0.3) is 0 Å². The van der Waals surface area contributed by atoms with E-state index in [-0.39, 0.29) is 17.6 Å². The lowest BCUT2D eigenvalue weighted by Gasteiger charge is -2.23. The number of hydrogen-bond donors (Lipinski definition) is 3. The number of amides is 2. The molecule has 2 rings (SSSR count). The lowest BCUT2D eigenvalue weighted by Crippen LogP contribution is -2.47. The fourth-order valence-electron chi connectivity index (χ4n) is 2.32. The number of anilines is 1. The minimum absolute atomic E-state index is 0.1000. The summed E-state index contributed by atoms with van der Waals surface area (Å²) in [5.74, 6) is 0. The van der Waals surface area contributed by atoms with Gasteiger partial charge in [-0.1, -0.05) is 6.07 Å². The highest BCUT2D eigenvalue weighted by Crippen LogP contribution is 2.32. The molecule has 0 aromatic heterocycles. The lowest BCUT2D eigenvalue weighted by molar-refractivity contribution is 0.228. The molecule has 4 N–H and O–H groups in total. The number of rotatable bonds is 1. The number of urea groups is 1. The van der Waals surface area contributed by atoms with Crippen molar-refractivity contribution in [2.45, 2.75) is 45.2 Å². The summed E-state index contributed by atoms with van der Waals surface area (Å²) in [4.78, 5) is 11.8. The topological polar surface area (TPSA) is 67.2 Å². The first-order valence-electron chi connectivity index (χ1n) is 6.32. The molecule has 1 aliphatic carbocycles. The number of nitrogens with one attached hydrogen (secondary N) is 2. The number of carbonyl (C=O) groups excluding carboxylic acids is 1. The quantitative estimate of drug-likeness (QED) is 0.667. The predicted octanol–water partition coefficient (Wildman–Crippen LogP) is 2.35. The summed E-state index contributed by atoms with van der Waals surface area (Å²) in [5, 5.41) is 5.93. The number of carbonyl (C=O) groups is 1. The minimum atomic E-state index is -0.216. The van der Waals surface area contributed by atoms with Crippen LogP contribution in [0.3, 0.4) is 0 Å². The molecule has 2 amide bonds. The second-order valence-corrected chi connectivity index (χ2v) is 5.90. The molecule has 0 radical (unpaired) electrons. The van der Waals surface area contributed by atoms with Crippen molar-refractivity contribution in [3.05, 3.63) is 29.3 Å². The molecule has 0 bridgehead atoms. The van der Waals surface area contributed by atoms with Crippen molar-refractivity contribution < 1.29 is 4.79 Å². The summed E-state index contributed by atoms with van der Waals surface area (Å²) in [6.07, 6.45) is 1.91. The van der Waals surface area contributed by atoms with E-state index in [1.54, 1.807) is 0 Å². The standard InChI is InChI=1S/C14H21N3O/c1-14(2,3)17-13(18)16-12-7-4-9-8-10(15)5-6-11(9)12/h5-6,8,12H,4,7,15H2,1-3H3,(H2,16,17,18). The molecule has 0 heterocycles. The molecule has 0 saturated carbocycles. The van der Waals surface area contributed by atoms with Gasteiger partial charge in [-0.25, -0.2) is 4.79 Å². The van der Waals surface area contributed by atoms with Gasteiger partial charge in [0.05, 0.1) is 6.04 Å².